The third kappa shape index (κ3) is 2.28. The van der Waals surface area contributed by atoms with E-state index in [4.69, 9.17) is 11.6 Å². The van der Waals surface area contributed by atoms with Gasteiger partial charge in [-0.2, -0.15) is 5.26 Å². The molecule has 0 aliphatic carbocycles. The fourth-order valence-corrected chi connectivity index (χ4v) is 3.42. The Morgan fingerprint density at radius 3 is 2.63 bits per heavy atom. The van der Waals surface area contributed by atoms with Crippen molar-refractivity contribution in [1.29, 1.82) is 5.26 Å². The molecule has 0 bridgehead atoms. The van der Waals surface area contributed by atoms with Crippen LogP contribution in [0.2, 0.25) is 5.02 Å². The summed E-state index contributed by atoms with van der Waals surface area (Å²) in [6.45, 7) is 0. The van der Waals surface area contributed by atoms with E-state index in [9.17, 15) is 5.26 Å². The highest BCUT2D eigenvalue weighted by Crippen LogP contribution is 2.41. The largest absolute Gasteiger partial charge is 0.192 e. The van der Waals surface area contributed by atoms with Gasteiger partial charge in [-0.3, -0.25) is 0 Å². The number of halogens is 1. The minimum Gasteiger partial charge on any atom is -0.192 e. The molecular formula is C16H10ClNS. The molecule has 0 aromatic heterocycles. The first-order chi connectivity index (χ1) is 9.29. The molecule has 2 aromatic carbocycles. The molecule has 1 nitrogen and oxygen atoms in total. The molecule has 1 heterocycles. The van der Waals surface area contributed by atoms with Crippen LogP contribution in [0.1, 0.15) is 16.7 Å². The first-order valence-electron chi connectivity index (χ1n) is 5.91. The standard InChI is InChI=1S/C16H10ClNS/c17-13-6-7-14-12(8-13)10-19-15(9-18)16(14)11-4-2-1-3-5-11/h1-8H,10H2. The number of rotatable bonds is 1. The van der Waals surface area contributed by atoms with Crippen LogP contribution in [0.15, 0.2) is 53.4 Å². The SMILES string of the molecule is N#CC1=C(c2ccccc2)c2ccc(Cl)cc2CS1. The molecule has 0 N–H and O–H groups in total. The molecule has 0 unspecified atom stereocenters. The van der Waals surface area contributed by atoms with Crippen molar-refractivity contribution in [1.82, 2.24) is 0 Å². The summed E-state index contributed by atoms with van der Waals surface area (Å²) >= 11 is 7.63. The lowest BCUT2D eigenvalue weighted by Gasteiger charge is -2.20. The summed E-state index contributed by atoms with van der Waals surface area (Å²) in [5, 5.41) is 10.1. The molecule has 0 radical (unpaired) electrons. The van der Waals surface area contributed by atoms with Gasteiger partial charge < -0.3 is 0 Å². The average Bonchev–Trinajstić information content (AvgIpc) is 2.46. The van der Waals surface area contributed by atoms with E-state index >= 15 is 0 Å². The molecule has 0 fully saturated rings. The van der Waals surface area contributed by atoms with Gasteiger partial charge in [0.2, 0.25) is 0 Å². The molecule has 0 atom stereocenters. The van der Waals surface area contributed by atoms with Crippen molar-refractivity contribution in [3.8, 4) is 6.07 Å². The second-order valence-electron chi connectivity index (χ2n) is 4.27. The van der Waals surface area contributed by atoms with Gasteiger partial charge in [0.1, 0.15) is 6.07 Å². The van der Waals surface area contributed by atoms with Crippen LogP contribution in [-0.2, 0) is 5.75 Å². The van der Waals surface area contributed by atoms with Crippen LogP contribution in [0.4, 0.5) is 0 Å². The smallest absolute Gasteiger partial charge is 0.107 e. The van der Waals surface area contributed by atoms with Crippen LogP contribution in [0.5, 0.6) is 0 Å². The predicted molar refractivity (Wildman–Crippen MR) is 80.8 cm³/mol. The number of nitrogens with zero attached hydrogens (tertiary/aromatic N) is 1. The molecule has 2 aromatic rings. The van der Waals surface area contributed by atoms with Gasteiger partial charge in [-0.15, -0.1) is 11.8 Å². The number of allylic oxidation sites excluding steroid dienone is 1. The third-order valence-electron chi connectivity index (χ3n) is 3.10. The molecule has 19 heavy (non-hydrogen) atoms. The number of nitriles is 1. The van der Waals surface area contributed by atoms with Gasteiger partial charge in [0.15, 0.2) is 0 Å². The highest BCUT2D eigenvalue weighted by Gasteiger charge is 2.20. The Morgan fingerprint density at radius 1 is 1.11 bits per heavy atom. The maximum Gasteiger partial charge on any atom is 0.107 e. The van der Waals surface area contributed by atoms with Crippen molar-refractivity contribution in [2.75, 3.05) is 0 Å². The zero-order valence-corrected chi connectivity index (χ0v) is 11.6. The van der Waals surface area contributed by atoms with E-state index in [1.54, 1.807) is 11.8 Å². The van der Waals surface area contributed by atoms with Crippen molar-refractivity contribution in [3.63, 3.8) is 0 Å². The molecular weight excluding hydrogens is 274 g/mol. The van der Waals surface area contributed by atoms with Crippen molar-refractivity contribution in [2.24, 2.45) is 0 Å². The van der Waals surface area contributed by atoms with E-state index in [0.717, 1.165) is 32.4 Å². The fourth-order valence-electron chi connectivity index (χ4n) is 2.25. The van der Waals surface area contributed by atoms with Gasteiger partial charge in [-0.05, 0) is 28.8 Å². The van der Waals surface area contributed by atoms with E-state index in [-0.39, 0.29) is 0 Å². The van der Waals surface area contributed by atoms with Crippen molar-refractivity contribution in [3.05, 3.63) is 75.1 Å². The summed E-state index contributed by atoms with van der Waals surface area (Å²) in [5.74, 6) is 0.801. The van der Waals surface area contributed by atoms with E-state index in [0.29, 0.717) is 0 Å². The van der Waals surface area contributed by atoms with Gasteiger partial charge >= 0.3 is 0 Å². The Balaban J connectivity index is 2.25. The predicted octanol–water partition coefficient (Wildman–Crippen LogP) is 4.87. The zero-order chi connectivity index (χ0) is 13.2. The summed E-state index contributed by atoms with van der Waals surface area (Å²) in [7, 11) is 0. The Hall–Kier alpha value is -1.69. The summed E-state index contributed by atoms with van der Waals surface area (Å²) in [6, 6.07) is 18.2. The summed E-state index contributed by atoms with van der Waals surface area (Å²) in [6.07, 6.45) is 0. The number of benzene rings is 2. The second-order valence-corrected chi connectivity index (χ2v) is 5.69. The van der Waals surface area contributed by atoms with Crippen LogP contribution in [0.3, 0.4) is 0 Å². The number of hydrogen-bond donors (Lipinski definition) is 0. The number of hydrogen-bond acceptors (Lipinski definition) is 2. The normalized spacial score (nSPS) is 13.9. The first-order valence-corrected chi connectivity index (χ1v) is 7.27. The molecule has 0 saturated heterocycles. The molecule has 1 aliphatic rings. The molecule has 92 valence electrons. The van der Waals surface area contributed by atoms with E-state index in [1.807, 2.05) is 48.5 Å². The second kappa shape index (κ2) is 5.13. The van der Waals surface area contributed by atoms with Crippen LogP contribution in [0, 0.1) is 11.3 Å². The fraction of sp³-hybridized carbons (Fsp3) is 0.0625. The Bertz CT molecular complexity index is 698. The third-order valence-corrected chi connectivity index (χ3v) is 4.37. The first kappa shape index (κ1) is 12.3. The molecule has 0 saturated carbocycles. The van der Waals surface area contributed by atoms with Crippen LogP contribution in [0.25, 0.3) is 5.57 Å². The summed E-state index contributed by atoms with van der Waals surface area (Å²) in [4.78, 5) is 0.779. The maximum atomic E-state index is 9.35. The monoisotopic (exact) mass is 283 g/mol. The van der Waals surface area contributed by atoms with Crippen LogP contribution >= 0.6 is 23.4 Å². The molecule has 0 amide bonds. The van der Waals surface area contributed by atoms with Crippen molar-refractivity contribution >= 4 is 28.9 Å². The van der Waals surface area contributed by atoms with Gasteiger partial charge in [0.25, 0.3) is 0 Å². The van der Waals surface area contributed by atoms with Gasteiger partial charge in [-0.25, -0.2) is 0 Å². The van der Waals surface area contributed by atoms with Crippen molar-refractivity contribution < 1.29 is 0 Å². The lowest BCUT2D eigenvalue weighted by molar-refractivity contribution is 1.35. The van der Waals surface area contributed by atoms with E-state index in [2.05, 4.69) is 6.07 Å². The Labute approximate surface area is 121 Å². The minimum absolute atomic E-state index is 0.743. The highest BCUT2D eigenvalue weighted by atomic mass is 35.5. The number of thioether (sulfide) groups is 1. The lowest BCUT2D eigenvalue weighted by atomic mass is 9.94. The van der Waals surface area contributed by atoms with Crippen molar-refractivity contribution in [2.45, 2.75) is 5.75 Å². The van der Waals surface area contributed by atoms with Gasteiger partial charge in [0.05, 0.1) is 4.91 Å². The minimum atomic E-state index is 0.743. The molecule has 1 aliphatic heterocycles. The average molecular weight is 284 g/mol. The molecule has 3 rings (SSSR count). The van der Waals surface area contributed by atoms with Crippen LogP contribution < -0.4 is 0 Å². The molecule has 0 spiro atoms. The maximum absolute atomic E-state index is 9.35. The lowest BCUT2D eigenvalue weighted by Crippen LogP contribution is -2.01. The zero-order valence-electron chi connectivity index (χ0n) is 10.1. The van der Waals surface area contributed by atoms with Gasteiger partial charge in [0, 0.05) is 16.3 Å². The van der Waals surface area contributed by atoms with E-state index < -0.39 is 0 Å². The Kier molecular flexibility index (Phi) is 3.33. The van der Waals surface area contributed by atoms with Gasteiger partial charge in [-0.1, -0.05) is 48.0 Å². The summed E-state index contributed by atoms with van der Waals surface area (Å²) < 4.78 is 0. The number of fused-ring (bicyclic) bond motifs is 1. The quantitative estimate of drug-likeness (QED) is 0.745. The van der Waals surface area contributed by atoms with E-state index in [1.165, 1.54) is 5.56 Å². The molecule has 3 heteroatoms. The summed E-state index contributed by atoms with van der Waals surface area (Å²) in [5.41, 5.74) is 4.40. The topological polar surface area (TPSA) is 23.8 Å². The Morgan fingerprint density at radius 2 is 1.89 bits per heavy atom. The van der Waals surface area contributed by atoms with Crippen LogP contribution in [-0.4, -0.2) is 0 Å². The highest BCUT2D eigenvalue weighted by molar-refractivity contribution is 8.02.